The van der Waals surface area contributed by atoms with Crippen molar-refractivity contribution in [3.8, 4) is 22.5 Å². The number of nitrogens with zero attached hydrogens (tertiary/aromatic N) is 4. The molecule has 1 N–H and O–H groups in total. The summed E-state index contributed by atoms with van der Waals surface area (Å²) in [6.45, 7) is 1.69. The largest absolute Gasteiger partial charge is 0.369 e. The summed E-state index contributed by atoms with van der Waals surface area (Å²) in [5.74, 6) is 1.90. The predicted molar refractivity (Wildman–Crippen MR) is 119 cm³/mol. The van der Waals surface area contributed by atoms with Crippen LogP contribution in [-0.2, 0) is 6.54 Å². The highest BCUT2D eigenvalue weighted by Gasteiger charge is 2.22. The summed E-state index contributed by atoms with van der Waals surface area (Å²) >= 11 is 8.16. The second kappa shape index (κ2) is 7.54. The third kappa shape index (κ3) is 3.39. The molecule has 0 bridgehead atoms. The molecule has 0 saturated carbocycles. The monoisotopic (exact) mass is 419 g/mol. The number of fused-ring (bicyclic) bond motifs is 3. The zero-order chi connectivity index (χ0) is 19.8. The van der Waals surface area contributed by atoms with Gasteiger partial charge in [-0.3, -0.25) is 0 Å². The number of benzene rings is 2. The Kier molecular flexibility index (Phi) is 4.73. The Morgan fingerprint density at radius 3 is 2.86 bits per heavy atom. The van der Waals surface area contributed by atoms with Gasteiger partial charge >= 0.3 is 0 Å². The van der Waals surface area contributed by atoms with Crippen molar-refractivity contribution >= 4 is 34.9 Å². The summed E-state index contributed by atoms with van der Waals surface area (Å²) in [6, 6.07) is 18.0. The lowest BCUT2D eigenvalue weighted by Gasteiger charge is -2.17. The maximum atomic E-state index is 6.47. The SMILES string of the molecule is CSc1cccc(N=c2ncc3cc(-c4ccccc4Cl)c4n(c-3n2)CCN4)c1. The molecule has 0 spiro atoms. The zero-order valence-electron chi connectivity index (χ0n) is 15.8. The average Bonchev–Trinajstić information content (AvgIpc) is 3.24. The van der Waals surface area contributed by atoms with Gasteiger partial charge in [0.25, 0.3) is 5.62 Å². The molecule has 0 saturated heterocycles. The second-order valence-electron chi connectivity index (χ2n) is 6.73. The van der Waals surface area contributed by atoms with Crippen molar-refractivity contribution in [2.24, 2.45) is 4.99 Å². The van der Waals surface area contributed by atoms with E-state index in [1.54, 1.807) is 11.8 Å². The van der Waals surface area contributed by atoms with Gasteiger partial charge in [-0.2, -0.15) is 4.98 Å². The van der Waals surface area contributed by atoms with E-state index in [-0.39, 0.29) is 0 Å². The van der Waals surface area contributed by atoms with Crippen LogP contribution in [0.3, 0.4) is 0 Å². The molecule has 29 heavy (non-hydrogen) atoms. The average molecular weight is 420 g/mol. The Morgan fingerprint density at radius 2 is 2.00 bits per heavy atom. The Bertz CT molecular complexity index is 1250. The molecule has 5 nitrogen and oxygen atoms in total. The van der Waals surface area contributed by atoms with Crippen molar-refractivity contribution in [1.29, 1.82) is 0 Å². The molecule has 3 aliphatic rings. The van der Waals surface area contributed by atoms with Crippen molar-refractivity contribution in [3.63, 3.8) is 0 Å². The fraction of sp³-hybridized carbons (Fsp3) is 0.136. The molecule has 3 aliphatic heterocycles. The minimum atomic E-state index is 0.461. The van der Waals surface area contributed by atoms with E-state index < -0.39 is 0 Å². The lowest BCUT2D eigenvalue weighted by molar-refractivity contribution is 0.780. The number of aromatic nitrogens is 3. The standard InChI is InChI=1S/C22H18ClN5S/c1-29-16-6-4-5-15(12-16)26-22-25-13-14-11-18(17-7-2-3-8-19(17)23)21-24-9-10-28(21)20(14)27-22/h2-8,11-13,24H,9-10H2,1H3. The van der Waals surface area contributed by atoms with Crippen LogP contribution < -0.4 is 10.9 Å². The van der Waals surface area contributed by atoms with Crippen LogP contribution in [0, 0.1) is 0 Å². The van der Waals surface area contributed by atoms with Gasteiger partial charge in [-0.05, 0) is 36.6 Å². The van der Waals surface area contributed by atoms with Gasteiger partial charge in [-0.1, -0.05) is 35.9 Å². The fourth-order valence-electron chi connectivity index (χ4n) is 3.60. The minimum absolute atomic E-state index is 0.461. The molecule has 0 fully saturated rings. The van der Waals surface area contributed by atoms with Crippen LogP contribution >= 0.6 is 23.4 Å². The van der Waals surface area contributed by atoms with E-state index in [9.17, 15) is 0 Å². The topological polar surface area (TPSA) is 55.1 Å². The van der Waals surface area contributed by atoms with Crippen LogP contribution in [0.1, 0.15) is 0 Å². The Morgan fingerprint density at radius 1 is 1.10 bits per heavy atom. The summed E-state index contributed by atoms with van der Waals surface area (Å²) in [6.07, 6.45) is 3.89. The quantitative estimate of drug-likeness (QED) is 0.470. The summed E-state index contributed by atoms with van der Waals surface area (Å²) in [7, 11) is 0. The molecule has 144 valence electrons. The van der Waals surface area contributed by atoms with Crippen LogP contribution in [0.15, 0.2) is 70.7 Å². The summed E-state index contributed by atoms with van der Waals surface area (Å²) in [4.78, 5) is 15.0. The highest BCUT2D eigenvalue weighted by atomic mass is 35.5. The number of hydrogen-bond acceptors (Lipinski definition) is 5. The number of halogens is 1. The number of nitrogens with one attached hydrogen (secondary N) is 1. The van der Waals surface area contributed by atoms with Crippen molar-refractivity contribution in [1.82, 2.24) is 14.5 Å². The first-order chi connectivity index (χ1) is 14.2. The molecule has 0 aliphatic carbocycles. The molecule has 0 aromatic heterocycles. The smallest absolute Gasteiger partial charge is 0.251 e. The first-order valence-corrected chi connectivity index (χ1v) is 10.9. The van der Waals surface area contributed by atoms with Crippen LogP contribution in [0.4, 0.5) is 11.5 Å². The van der Waals surface area contributed by atoms with Crippen LogP contribution in [0.5, 0.6) is 0 Å². The van der Waals surface area contributed by atoms with Gasteiger partial charge in [-0.15, -0.1) is 11.8 Å². The first-order valence-electron chi connectivity index (χ1n) is 9.31. The van der Waals surface area contributed by atoms with Gasteiger partial charge in [0.15, 0.2) is 0 Å². The molecule has 2 aromatic rings. The predicted octanol–water partition coefficient (Wildman–Crippen LogP) is 5.08. The molecule has 5 rings (SSSR count). The molecule has 3 heterocycles. The van der Waals surface area contributed by atoms with Crippen LogP contribution in [-0.4, -0.2) is 27.3 Å². The van der Waals surface area contributed by atoms with Gasteiger partial charge in [0, 0.05) is 45.9 Å². The van der Waals surface area contributed by atoms with E-state index in [4.69, 9.17) is 16.6 Å². The fourth-order valence-corrected chi connectivity index (χ4v) is 4.29. The number of rotatable bonds is 3. The highest BCUT2D eigenvalue weighted by molar-refractivity contribution is 7.98. The number of thioether (sulfide) groups is 1. The van der Waals surface area contributed by atoms with Crippen molar-refractivity contribution in [2.75, 3.05) is 18.1 Å². The molecular formula is C22H18ClN5S. The maximum absolute atomic E-state index is 6.47. The van der Waals surface area contributed by atoms with Gasteiger partial charge < -0.3 is 9.88 Å². The summed E-state index contributed by atoms with van der Waals surface area (Å²) in [5.41, 5.74) is 4.33. The Labute approximate surface area is 177 Å². The lowest BCUT2D eigenvalue weighted by atomic mass is 10.0. The van der Waals surface area contributed by atoms with Crippen molar-refractivity contribution in [2.45, 2.75) is 11.4 Å². The zero-order valence-corrected chi connectivity index (χ0v) is 17.3. The molecule has 0 atom stereocenters. The minimum Gasteiger partial charge on any atom is -0.369 e. The molecule has 0 amide bonds. The van der Waals surface area contributed by atoms with Gasteiger partial charge in [0.05, 0.1) is 5.69 Å². The lowest BCUT2D eigenvalue weighted by Crippen LogP contribution is -2.17. The third-order valence-corrected chi connectivity index (χ3v) is 5.99. The van der Waals surface area contributed by atoms with Crippen molar-refractivity contribution < 1.29 is 0 Å². The number of hydrogen-bond donors (Lipinski definition) is 1. The van der Waals surface area contributed by atoms with Gasteiger partial charge in [0.2, 0.25) is 0 Å². The molecule has 0 unspecified atom stereocenters. The first kappa shape index (κ1) is 18.2. The second-order valence-corrected chi connectivity index (χ2v) is 8.01. The molecule has 2 aromatic carbocycles. The molecule has 7 heteroatoms. The van der Waals surface area contributed by atoms with E-state index in [1.165, 1.54) is 0 Å². The van der Waals surface area contributed by atoms with E-state index in [2.05, 4.69) is 38.2 Å². The summed E-state index contributed by atoms with van der Waals surface area (Å²) < 4.78 is 2.19. The Hall–Kier alpha value is -2.83. The van der Waals surface area contributed by atoms with E-state index >= 15 is 0 Å². The number of pyridine rings is 1. The van der Waals surface area contributed by atoms with Gasteiger partial charge in [0.1, 0.15) is 11.6 Å². The summed E-state index contributed by atoms with van der Waals surface area (Å²) in [5, 5.41) is 4.21. The van der Waals surface area contributed by atoms with Crippen LogP contribution in [0.2, 0.25) is 5.02 Å². The highest BCUT2D eigenvalue weighted by Crippen LogP contribution is 2.39. The molecule has 0 radical (unpaired) electrons. The van der Waals surface area contributed by atoms with Gasteiger partial charge in [-0.25, -0.2) is 9.98 Å². The number of anilines is 1. The van der Waals surface area contributed by atoms with E-state index in [1.807, 2.05) is 48.7 Å². The Balaban J connectivity index is 1.68. The van der Waals surface area contributed by atoms with Crippen LogP contribution in [0.25, 0.3) is 22.5 Å². The normalized spacial score (nSPS) is 13.5. The van der Waals surface area contributed by atoms with E-state index in [0.717, 1.165) is 57.0 Å². The third-order valence-electron chi connectivity index (χ3n) is 4.94. The van der Waals surface area contributed by atoms with Crippen molar-refractivity contribution in [3.05, 3.63) is 71.4 Å². The molecular weight excluding hydrogens is 402 g/mol. The van der Waals surface area contributed by atoms with E-state index in [0.29, 0.717) is 5.62 Å². The maximum Gasteiger partial charge on any atom is 0.251 e.